The van der Waals surface area contributed by atoms with Crippen molar-refractivity contribution in [1.29, 1.82) is 0 Å². The van der Waals surface area contributed by atoms with Gasteiger partial charge in [-0.05, 0) is 44.6 Å². The largest absolute Gasteiger partial charge is 0.341 e. The van der Waals surface area contributed by atoms with Gasteiger partial charge in [0.15, 0.2) is 0 Å². The average molecular weight is 379 g/mol. The maximum Gasteiger partial charge on any atom is 0.325 e. The van der Waals surface area contributed by atoms with Gasteiger partial charge in [0.1, 0.15) is 5.54 Å². The second kappa shape index (κ2) is 8.17. The monoisotopic (exact) mass is 378 g/mol. The second-order valence-corrected chi connectivity index (χ2v) is 8.76. The van der Waals surface area contributed by atoms with Crippen LogP contribution >= 0.6 is 0 Å². The van der Waals surface area contributed by atoms with E-state index < -0.39 is 5.54 Å². The third-order valence-electron chi connectivity index (χ3n) is 6.14. The summed E-state index contributed by atoms with van der Waals surface area (Å²) in [6.07, 6.45) is 4.59. The molecule has 0 aromatic rings. The molecule has 0 aromatic heterocycles. The molecule has 1 atom stereocenters. The molecule has 0 aromatic carbocycles. The predicted molar refractivity (Wildman–Crippen MR) is 103 cm³/mol. The van der Waals surface area contributed by atoms with Gasteiger partial charge < -0.3 is 15.1 Å². The lowest BCUT2D eigenvalue weighted by atomic mass is 9.87. The van der Waals surface area contributed by atoms with Crippen molar-refractivity contribution in [2.75, 3.05) is 32.7 Å². The quantitative estimate of drug-likeness (QED) is 0.741. The number of hydrogen-bond donors (Lipinski definition) is 1. The van der Waals surface area contributed by atoms with Gasteiger partial charge in [0.2, 0.25) is 5.91 Å². The van der Waals surface area contributed by atoms with E-state index >= 15 is 0 Å². The molecule has 27 heavy (non-hydrogen) atoms. The first kappa shape index (κ1) is 20.1. The molecule has 3 rings (SSSR count). The Hall–Kier alpha value is -1.63. The third kappa shape index (κ3) is 4.13. The van der Waals surface area contributed by atoms with Crippen LogP contribution in [-0.2, 0) is 9.59 Å². The molecule has 0 radical (unpaired) electrons. The molecule has 1 N–H and O–H groups in total. The molecule has 7 heteroatoms. The van der Waals surface area contributed by atoms with E-state index in [1.165, 1.54) is 4.90 Å². The SMILES string of the molecule is CCCN1CCC2(CC1)NC(=O)N([C@@H]1CCCN(C(=O)CC(C)C)C1)C2=O. The standard InChI is InChI=1S/C20H34N4O3/c1-4-9-22-11-7-20(8-12-22)18(26)24(19(27)21-20)16-6-5-10-23(14-16)17(25)13-15(2)3/h15-16H,4-14H2,1-3H3,(H,21,27)/t16-/m1/s1. The second-order valence-electron chi connectivity index (χ2n) is 8.76. The fraction of sp³-hybridized carbons (Fsp3) is 0.850. The number of amides is 4. The van der Waals surface area contributed by atoms with Crippen LogP contribution in [0.15, 0.2) is 0 Å². The zero-order valence-corrected chi connectivity index (χ0v) is 17.0. The number of carbonyl (C=O) groups excluding carboxylic acids is 3. The number of imide groups is 1. The minimum absolute atomic E-state index is 0.0770. The number of urea groups is 1. The molecular weight excluding hydrogens is 344 g/mol. The number of likely N-dealkylation sites (tertiary alicyclic amines) is 2. The van der Waals surface area contributed by atoms with Crippen molar-refractivity contribution < 1.29 is 14.4 Å². The van der Waals surface area contributed by atoms with Crippen LogP contribution in [0.5, 0.6) is 0 Å². The predicted octanol–water partition coefficient (Wildman–Crippen LogP) is 1.82. The van der Waals surface area contributed by atoms with E-state index in [0.29, 0.717) is 31.7 Å². The summed E-state index contributed by atoms with van der Waals surface area (Å²) in [6, 6.07) is -0.470. The van der Waals surface area contributed by atoms with Crippen LogP contribution in [0.2, 0.25) is 0 Å². The summed E-state index contributed by atoms with van der Waals surface area (Å²) >= 11 is 0. The van der Waals surface area contributed by atoms with Crippen LogP contribution in [-0.4, -0.2) is 76.8 Å². The molecule has 0 aliphatic carbocycles. The first-order valence-electron chi connectivity index (χ1n) is 10.5. The molecule has 3 saturated heterocycles. The summed E-state index contributed by atoms with van der Waals surface area (Å²) < 4.78 is 0. The molecule has 3 aliphatic heterocycles. The molecular formula is C20H34N4O3. The Morgan fingerprint density at radius 3 is 2.56 bits per heavy atom. The number of carbonyl (C=O) groups is 3. The highest BCUT2D eigenvalue weighted by Crippen LogP contribution is 2.32. The van der Waals surface area contributed by atoms with Gasteiger partial charge in [-0.2, -0.15) is 0 Å². The number of nitrogens with zero attached hydrogens (tertiary/aromatic N) is 3. The van der Waals surface area contributed by atoms with Crippen molar-refractivity contribution in [3.05, 3.63) is 0 Å². The van der Waals surface area contributed by atoms with E-state index in [-0.39, 0.29) is 23.9 Å². The van der Waals surface area contributed by atoms with Gasteiger partial charge in [-0.15, -0.1) is 0 Å². The van der Waals surface area contributed by atoms with Crippen LogP contribution in [0.1, 0.15) is 59.3 Å². The highest BCUT2D eigenvalue weighted by molar-refractivity contribution is 6.07. The molecule has 3 heterocycles. The highest BCUT2D eigenvalue weighted by Gasteiger charge is 2.54. The van der Waals surface area contributed by atoms with Gasteiger partial charge in [-0.1, -0.05) is 20.8 Å². The van der Waals surface area contributed by atoms with Crippen molar-refractivity contribution in [2.24, 2.45) is 5.92 Å². The van der Waals surface area contributed by atoms with Gasteiger partial charge in [0.25, 0.3) is 5.91 Å². The zero-order chi connectivity index (χ0) is 19.6. The minimum Gasteiger partial charge on any atom is -0.341 e. The van der Waals surface area contributed by atoms with E-state index in [9.17, 15) is 14.4 Å². The van der Waals surface area contributed by atoms with Crippen molar-refractivity contribution in [1.82, 2.24) is 20.0 Å². The number of hydrogen-bond acceptors (Lipinski definition) is 4. The summed E-state index contributed by atoms with van der Waals surface area (Å²) in [6.45, 7) is 10.2. The average Bonchev–Trinajstić information content (AvgIpc) is 2.87. The minimum atomic E-state index is -0.731. The van der Waals surface area contributed by atoms with E-state index in [0.717, 1.165) is 45.4 Å². The van der Waals surface area contributed by atoms with Gasteiger partial charge >= 0.3 is 6.03 Å². The first-order valence-corrected chi connectivity index (χ1v) is 10.5. The van der Waals surface area contributed by atoms with E-state index in [2.05, 4.69) is 17.1 Å². The number of piperidine rings is 2. The lowest BCUT2D eigenvalue weighted by Crippen LogP contribution is -2.56. The lowest BCUT2D eigenvalue weighted by molar-refractivity contribution is -0.139. The Labute approximate surface area is 162 Å². The smallest absolute Gasteiger partial charge is 0.325 e. The molecule has 152 valence electrons. The number of nitrogens with one attached hydrogen (secondary N) is 1. The van der Waals surface area contributed by atoms with Gasteiger partial charge in [0.05, 0.1) is 6.04 Å². The van der Waals surface area contributed by atoms with Crippen LogP contribution in [0, 0.1) is 5.92 Å². The van der Waals surface area contributed by atoms with Crippen molar-refractivity contribution in [3.8, 4) is 0 Å². The fourth-order valence-corrected chi connectivity index (χ4v) is 4.66. The molecule has 4 amide bonds. The topological polar surface area (TPSA) is 73.0 Å². The highest BCUT2D eigenvalue weighted by atomic mass is 16.2. The fourth-order valence-electron chi connectivity index (χ4n) is 4.66. The zero-order valence-electron chi connectivity index (χ0n) is 17.0. The summed E-state index contributed by atoms with van der Waals surface area (Å²) in [7, 11) is 0. The van der Waals surface area contributed by atoms with Crippen molar-refractivity contribution in [3.63, 3.8) is 0 Å². The normalized spacial score (nSPS) is 26.1. The molecule has 3 aliphatic rings. The first-order chi connectivity index (χ1) is 12.9. The van der Waals surface area contributed by atoms with E-state index in [4.69, 9.17) is 0 Å². The van der Waals surface area contributed by atoms with Gasteiger partial charge in [-0.3, -0.25) is 14.5 Å². The lowest BCUT2D eigenvalue weighted by Gasteiger charge is -2.39. The maximum absolute atomic E-state index is 13.2. The Morgan fingerprint density at radius 2 is 1.93 bits per heavy atom. The summed E-state index contributed by atoms with van der Waals surface area (Å²) in [5, 5.41) is 3.01. The van der Waals surface area contributed by atoms with Crippen LogP contribution in [0.3, 0.4) is 0 Å². The van der Waals surface area contributed by atoms with Crippen LogP contribution in [0.4, 0.5) is 4.79 Å². The van der Waals surface area contributed by atoms with Gasteiger partial charge in [-0.25, -0.2) is 4.79 Å². The van der Waals surface area contributed by atoms with Crippen LogP contribution < -0.4 is 5.32 Å². The number of rotatable bonds is 5. The van der Waals surface area contributed by atoms with Crippen LogP contribution in [0.25, 0.3) is 0 Å². The molecule has 0 bridgehead atoms. The molecule has 7 nitrogen and oxygen atoms in total. The molecule has 3 fully saturated rings. The summed E-state index contributed by atoms with van der Waals surface area (Å²) in [4.78, 5) is 44.0. The van der Waals surface area contributed by atoms with E-state index in [1.807, 2.05) is 18.7 Å². The third-order valence-corrected chi connectivity index (χ3v) is 6.14. The Kier molecular flexibility index (Phi) is 6.08. The van der Waals surface area contributed by atoms with Gasteiger partial charge in [0, 0.05) is 32.6 Å². The molecule has 0 unspecified atom stereocenters. The Balaban J connectivity index is 1.66. The maximum atomic E-state index is 13.2. The van der Waals surface area contributed by atoms with Crippen molar-refractivity contribution in [2.45, 2.75) is 70.9 Å². The summed E-state index contributed by atoms with van der Waals surface area (Å²) in [5.41, 5.74) is -0.731. The summed E-state index contributed by atoms with van der Waals surface area (Å²) in [5.74, 6) is 0.363. The molecule has 1 spiro atoms. The molecule has 0 saturated carbocycles. The Morgan fingerprint density at radius 1 is 1.22 bits per heavy atom. The Bertz CT molecular complexity index is 584. The van der Waals surface area contributed by atoms with Crippen molar-refractivity contribution >= 4 is 17.8 Å². The van der Waals surface area contributed by atoms with E-state index in [1.54, 1.807) is 0 Å².